The smallest absolute Gasteiger partial charge is 0.171 e. The van der Waals surface area contributed by atoms with Crippen molar-refractivity contribution in [2.45, 2.75) is 62.5 Å². The first kappa shape index (κ1) is 15.5. The molecule has 0 N–H and O–H groups in total. The summed E-state index contributed by atoms with van der Waals surface area (Å²) in [6, 6.07) is 0. The van der Waals surface area contributed by atoms with Gasteiger partial charge >= 0.3 is 6.18 Å². The van der Waals surface area contributed by atoms with E-state index in [0.29, 0.717) is 6.42 Å². The number of unbranched alkanes of at least 4 members (excludes halogenated alkanes) is 3. The fraction of sp³-hybridized carbons (Fsp3) is 1.00. The Bertz CT molecular complexity index is 156. The Labute approximate surface area is 104 Å². The third kappa shape index (κ3) is 6.64. The molecule has 0 heterocycles. The molecule has 0 aliphatic carbocycles. The Morgan fingerprint density at radius 1 is 1.07 bits per heavy atom. The quantitative estimate of drug-likeness (QED) is 0.334. The highest BCUT2D eigenvalue weighted by Crippen LogP contribution is 2.36. The van der Waals surface area contributed by atoms with Gasteiger partial charge in [0.05, 0.1) is 5.92 Å². The molecule has 0 radical (unpaired) electrons. The van der Waals surface area contributed by atoms with Crippen molar-refractivity contribution in [3.63, 3.8) is 0 Å². The van der Waals surface area contributed by atoms with E-state index in [2.05, 4.69) is 6.92 Å². The molecule has 0 aliphatic rings. The third-order valence-electron chi connectivity index (χ3n) is 2.63. The fourth-order valence-corrected chi connectivity index (χ4v) is 3.02. The van der Waals surface area contributed by atoms with Gasteiger partial charge in [-0.05, 0) is 12.8 Å². The summed E-state index contributed by atoms with van der Waals surface area (Å²) in [6.45, 7) is 3.72. The van der Waals surface area contributed by atoms with Crippen molar-refractivity contribution in [3.8, 4) is 0 Å². The van der Waals surface area contributed by atoms with Crippen LogP contribution in [0.15, 0.2) is 0 Å². The van der Waals surface area contributed by atoms with E-state index in [-0.39, 0.29) is 10.3 Å². The van der Waals surface area contributed by atoms with Crippen LogP contribution >= 0.6 is 22.6 Å². The molecule has 0 aromatic carbocycles. The first-order valence-electron chi connectivity index (χ1n) is 5.64. The lowest BCUT2D eigenvalue weighted by Crippen LogP contribution is -2.30. The highest BCUT2D eigenvalue weighted by molar-refractivity contribution is 14.1. The van der Waals surface area contributed by atoms with Crippen LogP contribution in [0.3, 0.4) is 0 Å². The summed E-state index contributed by atoms with van der Waals surface area (Å²) in [5, 5.41) is 0. The van der Waals surface area contributed by atoms with E-state index in [0.717, 1.165) is 25.7 Å². The topological polar surface area (TPSA) is 0 Å². The molecule has 4 heteroatoms. The van der Waals surface area contributed by atoms with Gasteiger partial charge < -0.3 is 0 Å². The van der Waals surface area contributed by atoms with Crippen molar-refractivity contribution >= 4 is 22.6 Å². The van der Waals surface area contributed by atoms with Crippen LogP contribution in [-0.2, 0) is 0 Å². The Kier molecular flexibility index (Phi) is 8.01. The summed E-state index contributed by atoms with van der Waals surface area (Å²) < 4.78 is 37.4. The summed E-state index contributed by atoms with van der Waals surface area (Å²) in [5.74, 6) is -1.13. The van der Waals surface area contributed by atoms with Crippen LogP contribution in [0.5, 0.6) is 0 Å². The van der Waals surface area contributed by atoms with Crippen molar-refractivity contribution in [1.29, 1.82) is 0 Å². The molecule has 92 valence electrons. The predicted molar refractivity (Wildman–Crippen MR) is 66.4 cm³/mol. The van der Waals surface area contributed by atoms with Gasteiger partial charge in [0.1, 0.15) is 0 Å². The van der Waals surface area contributed by atoms with E-state index in [9.17, 15) is 13.2 Å². The van der Waals surface area contributed by atoms with Crippen LogP contribution in [0.1, 0.15) is 52.4 Å². The highest BCUT2D eigenvalue weighted by Gasteiger charge is 2.41. The molecule has 0 spiro atoms. The molecule has 0 nitrogen and oxygen atoms in total. The molecule has 0 saturated heterocycles. The molecule has 0 fully saturated rings. The van der Waals surface area contributed by atoms with Gasteiger partial charge in [-0.15, -0.1) is 0 Å². The molecule has 0 saturated carbocycles. The zero-order valence-corrected chi connectivity index (χ0v) is 11.6. The summed E-state index contributed by atoms with van der Waals surface area (Å²) in [5.41, 5.74) is 0. The van der Waals surface area contributed by atoms with E-state index < -0.39 is 12.1 Å². The van der Waals surface area contributed by atoms with Crippen LogP contribution in [-0.4, -0.2) is 10.1 Å². The number of alkyl halides is 4. The summed E-state index contributed by atoms with van der Waals surface area (Å²) >= 11 is 1.96. The minimum Gasteiger partial charge on any atom is -0.171 e. The molecule has 0 amide bonds. The fourth-order valence-electron chi connectivity index (χ4n) is 1.66. The van der Waals surface area contributed by atoms with Crippen LogP contribution < -0.4 is 0 Å². The second kappa shape index (κ2) is 7.74. The molecule has 2 unspecified atom stereocenters. The highest BCUT2D eigenvalue weighted by atomic mass is 127. The number of hydrogen-bond donors (Lipinski definition) is 0. The molecule has 0 aromatic rings. The lowest BCUT2D eigenvalue weighted by Gasteiger charge is -2.23. The lowest BCUT2D eigenvalue weighted by atomic mass is 9.97. The normalized spacial score (nSPS) is 16.4. The van der Waals surface area contributed by atoms with Crippen molar-refractivity contribution < 1.29 is 13.2 Å². The molecule has 15 heavy (non-hydrogen) atoms. The van der Waals surface area contributed by atoms with Crippen molar-refractivity contribution in [3.05, 3.63) is 0 Å². The minimum atomic E-state index is -4.02. The van der Waals surface area contributed by atoms with Gasteiger partial charge in [0.15, 0.2) is 0 Å². The van der Waals surface area contributed by atoms with Gasteiger partial charge in [-0.25, -0.2) is 0 Å². The molecule has 0 bridgehead atoms. The Morgan fingerprint density at radius 2 is 1.67 bits per heavy atom. The van der Waals surface area contributed by atoms with E-state index >= 15 is 0 Å². The van der Waals surface area contributed by atoms with Gasteiger partial charge in [0, 0.05) is 3.92 Å². The van der Waals surface area contributed by atoms with Gasteiger partial charge in [-0.3, -0.25) is 0 Å². The van der Waals surface area contributed by atoms with Gasteiger partial charge in [0.25, 0.3) is 0 Å². The Morgan fingerprint density at radius 3 is 2.07 bits per heavy atom. The average Bonchev–Trinajstić information content (AvgIpc) is 2.11. The van der Waals surface area contributed by atoms with Crippen molar-refractivity contribution in [2.75, 3.05) is 0 Å². The molecular weight excluding hydrogens is 316 g/mol. The SMILES string of the molecule is CCCCCCC(I)C(CC)C(F)(F)F. The van der Waals surface area contributed by atoms with E-state index in [1.54, 1.807) is 6.92 Å². The molecule has 0 aliphatic heterocycles. The van der Waals surface area contributed by atoms with Crippen LogP contribution in [0.4, 0.5) is 13.2 Å². The van der Waals surface area contributed by atoms with Crippen molar-refractivity contribution in [1.82, 2.24) is 0 Å². The van der Waals surface area contributed by atoms with Crippen molar-refractivity contribution in [2.24, 2.45) is 5.92 Å². The molecule has 2 atom stereocenters. The van der Waals surface area contributed by atoms with Gasteiger partial charge in [0.2, 0.25) is 0 Å². The Balaban J connectivity index is 3.89. The van der Waals surface area contributed by atoms with Gasteiger partial charge in [-0.2, -0.15) is 13.2 Å². The van der Waals surface area contributed by atoms with E-state index in [1.807, 2.05) is 22.6 Å². The van der Waals surface area contributed by atoms with E-state index in [4.69, 9.17) is 0 Å². The van der Waals surface area contributed by atoms with Gasteiger partial charge in [-0.1, -0.05) is 62.1 Å². The first-order valence-corrected chi connectivity index (χ1v) is 6.88. The average molecular weight is 336 g/mol. The molecule has 0 rings (SSSR count). The number of rotatable bonds is 7. The lowest BCUT2D eigenvalue weighted by molar-refractivity contribution is -0.174. The maximum atomic E-state index is 12.5. The monoisotopic (exact) mass is 336 g/mol. The zero-order chi connectivity index (χ0) is 11.9. The molecular formula is C11H20F3I. The van der Waals surface area contributed by atoms with Crippen LogP contribution in [0.25, 0.3) is 0 Å². The standard InChI is InChI=1S/C11H20F3I/c1-3-5-6-7-8-10(15)9(4-2)11(12,13)14/h9-10H,3-8H2,1-2H3. The summed E-state index contributed by atoms with van der Waals surface area (Å²) in [6.07, 6.45) is 1.11. The minimum absolute atomic E-state index is 0.199. The Hall–Kier alpha value is 0.520. The second-order valence-electron chi connectivity index (χ2n) is 3.92. The van der Waals surface area contributed by atoms with E-state index in [1.165, 1.54) is 0 Å². The summed E-state index contributed by atoms with van der Waals surface area (Å²) in [4.78, 5) is 0. The summed E-state index contributed by atoms with van der Waals surface area (Å²) in [7, 11) is 0. The maximum Gasteiger partial charge on any atom is 0.392 e. The van der Waals surface area contributed by atoms with Crippen LogP contribution in [0.2, 0.25) is 0 Å². The largest absolute Gasteiger partial charge is 0.392 e. The second-order valence-corrected chi connectivity index (χ2v) is 5.52. The zero-order valence-electron chi connectivity index (χ0n) is 9.41. The number of hydrogen-bond acceptors (Lipinski definition) is 0. The first-order chi connectivity index (χ1) is 6.93. The van der Waals surface area contributed by atoms with Crippen LogP contribution in [0, 0.1) is 5.92 Å². The number of halogens is 4. The maximum absolute atomic E-state index is 12.5. The third-order valence-corrected chi connectivity index (χ3v) is 4.12. The molecule has 0 aromatic heterocycles. The predicted octanol–water partition coefficient (Wildman–Crippen LogP) is 5.35.